The maximum atomic E-state index is 13.5. The Kier molecular flexibility index (Phi) is 10.9. The molecule has 0 aliphatic heterocycles. The number of nitrogens with zero attached hydrogens (tertiary/aromatic N) is 3. The van der Waals surface area contributed by atoms with Crippen molar-refractivity contribution in [2.75, 3.05) is 41.4 Å². The van der Waals surface area contributed by atoms with Gasteiger partial charge in [-0.3, -0.25) is 14.3 Å². The lowest BCUT2D eigenvalue weighted by molar-refractivity contribution is -0.123. The van der Waals surface area contributed by atoms with E-state index in [9.17, 15) is 9.59 Å². The van der Waals surface area contributed by atoms with Crippen molar-refractivity contribution < 1.29 is 19.1 Å². The van der Waals surface area contributed by atoms with E-state index >= 15 is 0 Å². The molecule has 9 nitrogen and oxygen atoms in total. The van der Waals surface area contributed by atoms with Crippen LogP contribution in [-0.4, -0.2) is 73.9 Å². The van der Waals surface area contributed by atoms with Crippen molar-refractivity contribution in [2.24, 2.45) is 5.92 Å². The molecule has 2 aromatic carbocycles. The number of amides is 2. The number of ether oxygens (including phenoxy) is 2. The highest BCUT2D eigenvalue weighted by molar-refractivity contribution is 5.97. The van der Waals surface area contributed by atoms with Crippen molar-refractivity contribution in [3.05, 3.63) is 65.9 Å². The Balaban J connectivity index is 1.89. The molecular weight excluding hydrogens is 494 g/mol. The van der Waals surface area contributed by atoms with E-state index in [1.165, 1.54) is 0 Å². The first-order valence-corrected chi connectivity index (χ1v) is 13.3. The number of carbonyl (C=O) groups is 2. The minimum Gasteiger partial charge on any atom is -0.496 e. The molecule has 1 heterocycles. The first-order chi connectivity index (χ1) is 18.7. The number of benzene rings is 2. The fourth-order valence-corrected chi connectivity index (χ4v) is 4.30. The van der Waals surface area contributed by atoms with E-state index < -0.39 is 11.9 Å². The van der Waals surface area contributed by atoms with E-state index in [0.717, 1.165) is 11.1 Å². The van der Waals surface area contributed by atoms with Crippen molar-refractivity contribution >= 4 is 11.8 Å². The van der Waals surface area contributed by atoms with Crippen molar-refractivity contribution in [3.8, 4) is 22.8 Å². The summed E-state index contributed by atoms with van der Waals surface area (Å²) < 4.78 is 13.0. The molecule has 39 heavy (non-hydrogen) atoms. The summed E-state index contributed by atoms with van der Waals surface area (Å²) in [7, 11) is 7.09. The summed E-state index contributed by atoms with van der Waals surface area (Å²) in [6.45, 7) is 5.95. The van der Waals surface area contributed by atoms with Gasteiger partial charge in [0, 0.05) is 19.6 Å². The first kappa shape index (κ1) is 29.7. The number of aryl methyl sites for hydroxylation is 1. The van der Waals surface area contributed by atoms with Gasteiger partial charge in [0.1, 0.15) is 17.5 Å². The van der Waals surface area contributed by atoms with Crippen LogP contribution in [0.5, 0.6) is 11.5 Å². The summed E-state index contributed by atoms with van der Waals surface area (Å²) in [5, 5.41) is 10.5. The second kappa shape index (κ2) is 14.3. The zero-order chi connectivity index (χ0) is 28.4. The van der Waals surface area contributed by atoms with Crippen LogP contribution in [0.25, 0.3) is 11.3 Å². The molecule has 0 saturated carbocycles. The van der Waals surface area contributed by atoms with Crippen LogP contribution in [0, 0.1) is 5.92 Å². The maximum absolute atomic E-state index is 13.5. The van der Waals surface area contributed by atoms with E-state index in [-0.39, 0.29) is 17.5 Å². The van der Waals surface area contributed by atoms with Gasteiger partial charge in [0.15, 0.2) is 5.69 Å². The Morgan fingerprint density at radius 2 is 1.67 bits per heavy atom. The standard InChI is InChI=1S/C30H41N5O4/c1-21(2)20-35-25(28-26(38-5)13-10-14-27(28)39-6)19-24(33-35)30(37)32-23(29(36)31-17-18-34(3)4)16-15-22-11-8-7-9-12-22/h7-14,19,21,23H,15-18,20H2,1-6H3,(H,31,36)(H,32,37)/t23-/m0/s1. The summed E-state index contributed by atoms with van der Waals surface area (Å²) in [5.41, 5.74) is 2.75. The van der Waals surface area contributed by atoms with Crippen molar-refractivity contribution in [1.82, 2.24) is 25.3 Å². The van der Waals surface area contributed by atoms with E-state index in [4.69, 9.17) is 9.47 Å². The fraction of sp³-hybridized carbons (Fsp3) is 0.433. The normalized spacial score (nSPS) is 11.9. The van der Waals surface area contributed by atoms with Gasteiger partial charge >= 0.3 is 0 Å². The van der Waals surface area contributed by atoms with Crippen LogP contribution >= 0.6 is 0 Å². The molecule has 0 bridgehead atoms. The monoisotopic (exact) mass is 535 g/mol. The number of hydrogen-bond donors (Lipinski definition) is 2. The number of hydrogen-bond acceptors (Lipinski definition) is 6. The average molecular weight is 536 g/mol. The Bertz CT molecular complexity index is 1200. The van der Waals surface area contributed by atoms with Gasteiger partial charge in [-0.15, -0.1) is 0 Å². The third kappa shape index (κ3) is 8.32. The van der Waals surface area contributed by atoms with E-state index in [0.29, 0.717) is 49.7 Å². The average Bonchev–Trinajstić information content (AvgIpc) is 3.33. The van der Waals surface area contributed by atoms with Crippen LogP contribution < -0.4 is 20.1 Å². The van der Waals surface area contributed by atoms with Gasteiger partial charge < -0.3 is 25.0 Å². The molecule has 0 radical (unpaired) electrons. The van der Waals surface area contributed by atoms with Gasteiger partial charge in [0.05, 0.1) is 25.5 Å². The van der Waals surface area contributed by atoms with E-state index in [1.54, 1.807) is 25.0 Å². The third-order valence-electron chi connectivity index (χ3n) is 6.28. The largest absolute Gasteiger partial charge is 0.496 e. The molecule has 0 unspecified atom stereocenters. The number of carbonyl (C=O) groups excluding carboxylic acids is 2. The maximum Gasteiger partial charge on any atom is 0.272 e. The first-order valence-electron chi connectivity index (χ1n) is 13.3. The molecule has 0 spiro atoms. The highest BCUT2D eigenvalue weighted by Crippen LogP contribution is 2.38. The Morgan fingerprint density at radius 3 is 2.26 bits per heavy atom. The summed E-state index contributed by atoms with van der Waals surface area (Å²) in [5.74, 6) is 0.892. The predicted molar refractivity (Wildman–Crippen MR) is 153 cm³/mol. The molecule has 2 amide bonds. The number of nitrogens with one attached hydrogen (secondary N) is 2. The molecule has 0 saturated heterocycles. The van der Waals surface area contributed by atoms with Crippen molar-refractivity contribution in [1.29, 1.82) is 0 Å². The van der Waals surface area contributed by atoms with Gasteiger partial charge in [0.25, 0.3) is 5.91 Å². The molecule has 1 atom stereocenters. The molecule has 3 aromatic rings. The molecule has 0 fully saturated rings. The molecule has 3 rings (SSSR count). The molecule has 0 aliphatic carbocycles. The zero-order valence-corrected chi connectivity index (χ0v) is 23.9. The summed E-state index contributed by atoms with van der Waals surface area (Å²) >= 11 is 0. The van der Waals surface area contributed by atoms with Crippen molar-refractivity contribution in [2.45, 2.75) is 39.3 Å². The van der Waals surface area contributed by atoms with Gasteiger partial charge in [-0.2, -0.15) is 5.10 Å². The van der Waals surface area contributed by atoms with Crippen LogP contribution in [0.3, 0.4) is 0 Å². The topological polar surface area (TPSA) is 97.7 Å². The quantitative estimate of drug-likeness (QED) is 0.327. The Labute approximate surface area is 231 Å². The predicted octanol–water partition coefficient (Wildman–Crippen LogP) is 3.63. The number of rotatable bonds is 14. The van der Waals surface area contributed by atoms with Crippen LogP contribution in [0.2, 0.25) is 0 Å². The zero-order valence-electron chi connectivity index (χ0n) is 23.9. The highest BCUT2D eigenvalue weighted by Gasteiger charge is 2.25. The second-order valence-corrected chi connectivity index (χ2v) is 10.2. The second-order valence-electron chi connectivity index (χ2n) is 10.2. The van der Waals surface area contributed by atoms with Gasteiger partial charge in [-0.25, -0.2) is 0 Å². The summed E-state index contributed by atoms with van der Waals surface area (Å²) in [4.78, 5) is 28.6. The molecule has 0 aliphatic rings. The Morgan fingerprint density at radius 1 is 1.00 bits per heavy atom. The molecule has 1 aromatic heterocycles. The van der Waals surface area contributed by atoms with Gasteiger partial charge in [0.2, 0.25) is 5.91 Å². The van der Waals surface area contributed by atoms with E-state index in [2.05, 4.69) is 29.6 Å². The smallest absolute Gasteiger partial charge is 0.272 e. The molecule has 210 valence electrons. The summed E-state index contributed by atoms with van der Waals surface area (Å²) in [6, 6.07) is 16.5. The highest BCUT2D eigenvalue weighted by atomic mass is 16.5. The van der Waals surface area contributed by atoms with Crippen molar-refractivity contribution in [3.63, 3.8) is 0 Å². The lowest BCUT2D eigenvalue weighted by atomic mass is 10.0. The van der Waals surface area contributed by atoms with Crippen LogP contribution in [0.4, 0.5) is 0 Å². The lowest BCUT2D eigenvalue weighted by Gasteiger charge is -2.19. The van der Waals surface area contributed by atoms with Gasteiger partial charge in [-0.1, -0.05) is 50.2 Å². The minimum atomic E-state index is -0.709. The van der Waals surface area contributed by atoms with Crippen LogP contribution in [-0.2, 0) is 17.8 Å². The Hall–Kier alpha value is -3.85. The number of methoxy groups -OCH3 is 2. The third-order valence-corrected chi connectivity index (χ3v) is 6.28. The number of aromatic nitrogens is 2. The van der Waals surface area contributed by atoms with Crippen LogP contribution in [0.1, 0.15) is 36.3 Å². The fourth-order valence-electron chi connectivity index (χ4n) is 4.30. The van der Waals surface area contributed by atoms with Gasteiger partial charge in [-0.05, 0) is 56.6 Å². The van der Waals surface area contributed by atoms with Crippen LogP contribution in [0.15, 0.2) is 54.6 Å². The minimum absolute atomic E-state index is 0.214. The molecule has 2 N–H and O–H groups in total. The molecule has 9 heteroatoms. The van der Waals surface area contributed by atoms with E-state index in [1.807, 2.05) is 67.5 Å². The SMILES string of the molecule is COc1cccc(OC)c1-c1cc(C(=O)N[C@@H](CCc2ccccc2)C(=O)NCCN(C)C)nn1CC(C)C. The number of likely N-dealkylation sites (N-methyl/N-ethyl adjacent to an activating group) is 1. The summed E-state index contributed by atoms with van der Waals surface area (Å²) in [6.07, 6.45) is 1.11. The molecular formula is C30H41N5O4. The lowest BCUT2D eigenvalue weighted by Crippen LogP contribution is -2.48.